The maximum atomic E-state index is 13.3. The van der Waals surface area contributed by atoms with Crippen molar-refractivity contribution in [3.63, 3.8) is 0 Å². The van der Waals surface area contributed by atoms with Gasteiger partial charge in [-0.3, -0.25) is 9.36 Å². The van der Waals surface area contributed by atoms with E-state index in [2.05, 4.69) is 15.5 Å². The molecule has 12 heteroatoms. The van der Waals surface area contributed by atoms with E-state index in [1.807, 2.05) is 4.90 Å². The maximum Gasteiger partial charge on any atom is 0.416 e. The highest BCUT2D eigenvalue weighted by atomic mass is 32.2. The van der Waals surface area contributed by atoms with Crippen LogP contribution < -0.4 is 15.9 Å². The number of aromatic nitrogens is 3. The van der Waals surface area contributed by atoms with E-state index in [4.69, 9.17) is 4.74 Å². The van der Waals surface area contributed by atoms with Crippen LogP contribution in [0.3, 0.4) is 0 Å². The molecule has 8 nitrogen and oxygen atoms in total. The van der Waals surface area contributed by atoms with E-state index in [-0.39, 0.29) is 17.4 Å². The van der Waals surface area contributed by atoms with Crippen molar-refractivity contribution >= 4 is 29.0 Å². The lowest BCUT2D eigenvalue weighted by Crippen LogP contribution is -2.37. The van der Waals surface area contributed by atoms with E-state index in [0.29, 0.717) is 37.1 Å². The molecule has 2 aromatic rings. The van der Waals surface area contributed by atoms with Gasteiger partial charge in [-0.05, 0) is 38.0 Å². The zero-order valence-corrected chi connectivity index (χ0v) is 17.6. The summed E-state index contributed by atoms with van der Waals surface area (Å²) in [5.74, 6) is -0.475. The molecular formula is C19H22F3N5O3S. The average Bonchev–Trinajstić information content (AvgIpc) is 3.51. The van der Waals surface area contributed by atoms with Gasteiger partial charge in [0.05, 0.1) is 35.4 Å². The molecule has 1 atom stereocenters. The van der Waals surface area contributed by atoms with E-state index in [1.54, 1.807) is 6.92 Å². The predicted octanol–water partition coefficient (Wildman–Crippen LogP) is 2.88. The van der Waals surface area contributed by atoms with Gasteiger partial charge in [-0.15, -0.1) is 5.10 Å². The summed E-state index contributed by atoms with van der Waals surface area (Å²) < 4.78 is 46.6. The van der Waals surface area contributed by atoms with E-state index in [9.17, 15) is 22.8 Å². The van der Waals surface area contributed by atoms with E-state index < -0.39 is 22.9 Å². The molecule has 1 aromatic heterocycles. The SMILES string of the molecule is C[C@H](Sc1n[nH]c(=O)n1C1CC1)C(=O)Nc1cc(C(F)(F)F)ccc1N1CCOCC1. The van der Waals surface area contributed by atoms with Crippen LogP contribution in [0, 0.1) is 0 Å². The van der Waals surface area contributed by atoms with Crippen LogP contribution in [0.2, 0.25) is 0 Å². The van der Waals surface area contributed by atoms with Crippen molar-refractivity contribution in [2.45, 2.75) is 42.4 Å². The van der Waals surface area contributed by atoms with Crippen LogP contribution in [-0.2, 0) is 15.7 Å². The van der Waals surface area contributed by atoms with E-state index in [1.165, 1.54) is 10.6 Å². The van der Waals surface area contributed by atoms with Crippen molar-refractivity contribution in [1.82, 2.24) is 14.8 Å². The molecule has 2 fully saturated rings. The van der Waals surface area contributed by atoms with Crippen molar-refractivity contribution in [2.75, 3.05) is 36.5 Å². The number of anilines is 2. The lowest BCUT2D eigenvalue weighted by atomic mass is 10.1. The number of amides is 1. The van der Waals surface area contributed by atoms with Crippen LogP contribution in [0.25, 0.3) is 0 Å². The Morgan fingerprint density at radius 2 is 2.03 bits per heavy atom. The lowest BCUT2D eigenvalue weighted by molar-refractivity contribution is -0.137. The van der Waals surface area contributed by atoms with Crippen molar-refractivity contribution in [3.05, 3.63) is 34.2 Å². The Balaban J connectivity index is 1.55. The minimum absolute atomic E-state index is 0.0837. The van der Waals surface area contributed by atoms with Gasteiger partial charge in [0.1, 0.15) is 0 Å². The highest BCUT2D eigenvalue weighted by molar-refractivity contribution is 8.00. The monoisotopic (exact) mass is 457 g/mol. The summed E-state index contributed by atoms with van der Waals surface area (Å²) in [6.07, 6.45) is -2.78. The Morgan fingerprint density at radius 1 is 1.32 bits per heavy atom. The first-order valence-corrected chi connectivity index (χ1v) is 10.8. The number of carbonyl (C=O) groups is 1. The third kappa shape index (κ3) is 4.90. The minimum Gasteiger partial charge on any atom is -0.378 e. The molecule has 31 heavy (non-hydrogen) atoms. The van der Waals surface area contributed by atoms with Gasteiger partial charge in [0.2, 0.25) is 5.91 Å². The van der Waals surface area contributed by atoms with Gasteiger partial charge >= 0.3 is 11.9 Å². The Hall–Kier alpha value is -2.47. The number of benzene rings is 1. The van der Waals surface area contributed by atoms with Crippen molar-refractivity contribution in [3.8, 4) is 0 Å². The Bertz CT molecular complexity index is 1010. The molecule has 1 aromatic carbocycles. The first-order valence-electron chi connectivity index (χ1n) is 9.92. The van der Waals surface area contributed by atoms with E-state index in [0.717, 1.165) is 36.7 Å². The van der Waals surface area contributed by atoms with E-state index >= 15 is 0 Å². The number of hydrogen-bond acceptors (Lipinski definition) is 6. The number of carbonyl (C=O) groups excluding carboxylic acids is 1. The number of aromatic amines is 1. The Labute approximate surface area is 180 Å². The van der Waals surface area contributed by atoms with Crippen LogP contribution in [-0.4, -0.2) is 52.2 Å². The summed E-state index contributed by atoms with van der Waals surface area (Å²) >= 11 is 1.09. The van der Waals surface area contributed by atoms with Crippen LogP contribution >= 0.6 is 11.8 Å². The van der Waals surface area contributed by atoms with Crippen LogP contribution in [0.15, 0.2) is 28.2 Å². The molecule has 0 unspecified atom stereocenters. The summed E-state index contributed by atoms with van der Waals surface area (Å²) in [5, 5.41) is 8.73. The van der Waals surface area contributed by atoms with Crippen LogP contribution in [0.5, 0.6) is 0 Å². The number of thioether (sulfide) groups is 1. The van der Waals surface area contributed by atoms with Crippen molar-refractivity contribution in [1.29, 1.82) is 0 Å². The van der Waals surface area contributed by atoms with Gasteiger partial charge in [-0.1, -0.05) is 11.8 Å². The molecule has 168 valence electrons. The maximum absolute atomic E-state index is 13.3. The number of hydrogen-bond donors (Lipinski definition) is 2. The second-order valence-electron chi connectivity index (χ2n) is 7.49. The molecule has 2 heterocycles. The Kier molecular flexibility index (Phi) is 6.02. The first kappa shape index (κ1) is 21.8. The number of ether oxygens (including phenoxy) is 1. The summed E-state index contributed by atoms with van der Waals surface area (Å²) in [6.45, 7) is 3.56. The smallest absolute Gasteiger partial charge is 0.378 e. The van der Waals surface area contributed by atoms with Gasteiger partial charge in [0, 0.05) is 19.1 Å². The second kappa shape index (κ2) is 8.58. The summed E-state index contributed by atoms with van der Waals surface area (Å²) in [7, 11) is 0. The highest BCUT2D eigenvalue weighted by Crippen LogP contribution is 2.38. The van der Waals surface area contributed by atoms with Crippen LogP contribution in [0.1, 0.15) is 31.4 Å². The zero-order chi connectivity index (χ0) is 22.2. The predicted molar refractivity (Wildman–Crippen MR) is 110 cm³/mol. The molecule has 2 aliphatic rings. The Morgan fingerprint density at radius 3 is 2.68 bits per heavy atom. The number of morpholine rings is 1. The molecule has 1 saturated heterocycles. The largest absolute Gasteiger partial charge is 0.416 e. The molecule has 4 rings (SSSR count). The van der Waals surface area contributed by atoms with Crippen molar-refractivity contribution in [2.24, 2.45) is 0 Å². The molecule has 1 aliphatic heterocycles. The van der Waals surface area contributed by atoms with Gasteiger partial charge in [0.15, 0.2) is 5.16 Å². The summed E-state index contributed by atoms with van der Waals surface area (Å²) in [4.78, 5) is 26.6. The molecule has 1 saturated carbocycles. The number of rotatable bonds is 6. The third-order valence-corrected chi connectivity index (χ3v) is 6.24. The first-order chi connectivity index (χ1) is 14.7. The molecule has 0 radical (unpaired) electrons. The van der Waals surface area contributed by atoms with Gasteiger partial charge in [0.25, 0.3) is 0 Å². The van der Waals surface area contributed by atoms with Gasteiger partial charge in [-0.25, -0.2) is 9.89 Å². The molecule has 1 amide bonds. The topological polar surface area (TPSA) is 92.2 Å². The highest BCUT2D eigenvalue weighted by Gasteiger charge is 2.33. The number of nitrogens with zero attached hydrogens (tertiary/aromatic N) is 3. The number of H-pyrrole nitrogens is 1. The fourth-order valence-corrected chi connectivity index (χ4v) is 4.29. The average molecular weight is 457 g/mol. The fraction of sp³-hybridized carbons (Fsp3) is 0.526. The fourth-order valence-electron chi connectivity index (χ4n) is 3.37. The number of nitrogens with one attached hydrogen (secondary N) is 2. The lowest BCUT2D eigenvalue weighted by Gasteiger charge is -2.31. The van der Waals surface area contributed by atoms with Gasteiger partial charge in [-0.2, -0.15) is 13.2 Å². The normalized spacial score (nSPS) is 18.1. The molecule has 0 bridgehead atoms. The molecule has 0 spiro atoms. The molecular weight excluding hydrogens is 435 g/mol. The summed E-state index contributed by atoms with van der Waals surface area (Å²) in [6, 6.07) is 3.42. The number of alkyl halides is 3. The standard InChI is InChI=1S/C19H22F3N5O3S/c1-11(31-18-25-24-17(29)27(18)13-3-4-13)16(28)23-14-10-12(19(20,21)22)2-5-15(14)26-6-8-30-9-7-26/h2,5,10-11,13H,3-4,6-9H2,1H3,(H,23,28)(H,24,29)/t11-/m0/s1. The third-order valence-electron chi connectivity index (χ3n) is 5.17. The zero-order valence-electron chi connectivity index (χ0n) is 16.7. The summed E-state index contributed by atoms with van der Waals surface area (Å²) in [5.41, 5.74) is -0.563. The molecule has 1 aliphatic carbocycles. The number of halogens is 3. The quantitative estimate of drug-likeness (QED) is 0.649. The van der Waals surface area contributed by atoms with Gasteiger partial charge < -0.3 is 15.0 Å². The second-order valence-corrected chi connectivity index (χ2v) is 8.80. The van der Waals surface area contributed by atoms with Crippen LogP contribution in [0.4, 0.5) is 24.5 Å². The minimum atomic E-state index is -4.53. The molecule has 2 N–H and O–H groups in total. The van der Waals surface area contributed by atoms with Crippen molar-refractivity contribution < 1.29 is 22.7 Å².